The van der Waals surface area contributed by atoms with Crippen molar-refractivity contribution < 1.29 is 9.13 Å². The second kappa shape index (κ2) is 5.95. The summed E-state index contributed by atoms with van der Waals surface area (Å²) in [5, 5.41) is 0. The van der Waals surface area contributed by atoms with Crippen molar-refractivity contribution >= 4 is 11.6 Å². The van der Waals surface area contributed by atoms with Crippen molar-refractivity contribution in [3.8, 4) is 0 Å². The summed E-state index contributed by atoms with van der Waals surface area (Å²) in [5.74, 6) is -0.00517. The van der Waals surface area contributed by atoms with Crippen molar-refractivity contribution in [2.75, 3.05) is 12.5 Å². The molecule has 1 rings (SSSR count). The van der Waals surface area contributed by atoms with Crippen LogP contribution in [0.15, 0.2) is 30.3 Å². The third kappa shape index (κ3) is 4.25. The van der Waals surface area contributed by atoms with Crippen molar-refractivity contribution in [3.63, 3.8) is 0 Å². The minimum absolute atomic E-state index is 0.00517. The third-order valence-corrected chi connectivity index (χ3v) is 1.91. The van der Waals surface area contributed by atoms with E-state index >= 15 is 0 Å². The Morgan fingerprint density at radius 2 is 2.00 bits per heavy atom. The third-order valence-electron chi connectivity index (χ3n) is 1.58. The molecule has 1 aromatic carbocycles. The first-order chi connectivity index (χ1) is 6.33. The molecule has 0 bridgehead atoms. The van der Waals surface area contributed by atoms with E-state index in [1.807, 2.05) is 30.3 Å². The van der Waals surface area contributed by atoms with Crippen LogP contribution in [0.5, 0.6) is 0 Å². The molecule has 0 N–H and O–H groups in total. The van der Waals surface area contributed by atoms with E-state index in [0.29, 0.717) is 6.61 Å². The molecule has 13 heavy (non-hydrogen) atoms. The van der Waals surface area contributed by atoms with Crippen LogP contribution in [0.4, 0.5) is 4.39 Å². The van der Waals surface area contributed by atoms with Gasteiger partial charge in [0.05, 0.1) is 19.1 Å². The lowest BCUT2D eigenvalue weighted by Gasteiger charge is -2.05. The smallest absolute Gasteiger partial charge is 0.137 e. The first kappa shape index (κ1) is 10.5. The number of halogens is 2. The zero-order valence-electron chi connectivity index (χ0n) is 7.25. The summed E-state index contributed by atoms with van der Waals surface area (Å²) in [6, 6.07) is 9.66. The van der Waals surface area contributed by atoms with Gasteiger partial charge in [0, 0.05) is 0 Å². The molecule has 0 amide bonds. The lowest BCUT2D eigenvalue weighted by atomic mass is 10.2. The largest absolute Gasteiger partial charge is 0.374 e. The summed E-state index contributed by atoms with van der Waals surface area (Å²) < 4.78 is 17.7. The van der Waals surface area contributed by atoms with Crippen LogP contribution in [0.25, 0.3) is 0 Å². The Balaban J connectivity index is 2.20. The number of hydrogen-bond donors (Lipinski definition) is 0. The van der Waals surface area contributed by atoms with Crippen molar-refractivity contribution in [2.45, 2.75) is 12.8 Å². The van der Waals surface area contributed by atoms with Crippen molar-refractivity contribution in [1.29, 1.82) is 0 Å². The summed E-state index contributed by atoms with van der Waals surface area (Å²) >= 11 is 5.28. The summed E-state index contributed by atoms with van der Waals surface area (Å²) in [5.41, 5.74) is 1.05. The van der Waals surface area contributed by atoms with Gasteiger partial charge in [0.25, 0.3) is 0 Å². The SMILES string of the molecule is F[C@@H](CCl)COCc1ccccc1. The first-order valence-corrected chi connectivity index (χ1v) is 4.68. The van der Waals surface area contributed by atoms with Crippen LogP contribution in [0.2, 0.25) is 0 Å². The van der Waals surface area contributed by atoms with E-state index in [2.05, 4.69) is 0 Å². The van der Waals surface area contributed by atoms with E-state index < -0.39 is 6.17 Å². The van der Waals surface area contributed by atoms with Gasteiger partial charge in [0.1, 0.15) is 6.17 Å². The first-order valence-electron chi connectivity index (χ1n) is 4.14. The normalized spacial score (nSPS) is 12.8. The van der Waals surface area contributed by atoms with Crippen LogP contribution in [0.1, 0.15) is 5.56 Å². The second-order valence-corrected chi connectivity index (χ2v) is 3.06. The molecule has 1 aromatic rings. The Labute approximate surface area is 82.5 Å². The molecule has 3 heteroatoms. The molecule has 1 atom stereocenters. The molecule has 0 unspecified atom stereocenters. The van der Waals surface area contributed by atoms with Crippen LogP contribution >= 0.6 is 11.6 Å². The number of alkyl halides is 2. The van der Waals surface area contributed by atoms with E-state index in [9.17, 15) is 4.39 Å². The molecular weight excluding hydrogens is 191 g/mol. The second-order valence-electron chi connectivity index (χ2n) is 2.75. The fraction of sp³-hybridized carbons (Fsp3) is 0.400. The highest BCUT2D eigenvalue weighted by atomic mass is 35.5. The fourth-order valence-corrected chi connectivity index (χ4v) is 1.01. The molecule has 0 fully saturated rings. The van der Waals surface area contributed by atoms with Crippen molar-refractivity contribution in [2.24, 2.45) is 0 Å². The van der Waals surface area contributed by atoms with Crippen LogP contribution in [-0.2, 0) is 11.3 Å². The Hall–Kier alpha value is -0.600. The summed E-state index contributed by atoms with van der Waals surface area (Å²) in [4.78, 5) is 0. The van der Waals surface area contributed by atoms with E-state index in [1.165, 1.54) is 0 Å². The Morgan fingerprint density at radius 1 is 1.31 bits per heavy atom. The maximum absolute atomic E-state index is 12.6. The number of hydrogen-bond acceptors (Lipinski definition) is 1. The van der Waals surface area contributed by atoms with Gasteiger partial charge < -0.3 is 4.74 Å². The number of rotatable bonds is 5. The Kier molecular flexibility index (Phi) is 4.79. The van der Waals surface area contributed by atoms with E-state index in [1.54, 1.807) is 0 Å². The molecule has 0 spiro atoms. The highest BCUT2D eigenvalue weighted by Gasteiger charge is 2.03. The highest BCUT2D eigenvalue weighted by molar-refractivity contribution is 6.18. The molecule has 0 radical (unpaired) electrons. The average molecular weight is 203 g/mol. The van der Waals surface area contributed by atoms with E-state index in [-0.39, 0.29) is 12.5 Å². The van der Waals surface area contributed by atoms with Gasteiger partial charge in [0.2, 0.25) is 0 Å². The Morgan fingerprint density at radius 3 is 2.62 bits per heavy atom. The minimum atomic E-state index is -1.06. The van der Waals surface area contributed by atoms with Crippen LogP contribution in [-0.4, -0.2) is 18.7 Å². The monoisotopic (exact) mass is 202 g/mol. The lowest BCUT2D eigenvalue weighted by molar-refractivity contribution is 0.0774. The predicted molar refractivity (Wildman–Crippen MR) is 51.7 cm³/mol. The number of benzene rings is 1. The molecule has 0 aliphatic carbocycles. The molecule has 0 heterocycles. The molecule has 0 saturated carbocycles. The molecule has 72 valence electrons. The molecule has 0 aliphatic heterocycles. The average Bonchev–Trinajstić information content (AvgIpc) is 2.19. The summed E-state index contributed by atoms with van der Waals surface area (Å²) in [6.07, 6.45) is -1.06. The number of ether oxygens (including phenoxy) is 1. The summed E-state index contributed by atoms with van der Waals surface area (Å²) in [6.45, 7) is 0.510. The van der Waals surface area contributed by atoms with Gasteiger partial charge in [-0.05, 0) is 5.56 Å². The van der Waals surface area contributed by atoms with Gasteiger partial charge in [0.15, 0.2) is 0 Å². The maximum atomic E-state index is 12.6. The lowest BCUT2D eigenvalue weighted by Crippen LogP contribution is -2.11. The van der Waals surface area contributed by atoms with E-state index in [0.717, 1.165) is 5.56 Å². The minimum Gasteiger partial charge on any atom is -0.374 e. The van der Waals surface area contributed by atoms with Gasteiger partial charge in [-0.2, -0.15) is 0 Å². The fourth-order valence-electron chi connectivity index (χ4n) is 0.923. The van der Waals surface area contributed by atoms with Crippen LogP contribution in [0.3, 0.4) is 0 Å². The molecule has 0 aromatic heterocycles. The van der Waals surface area contributed by atoms with Gasteiger partial charge in [-0.3, -0.25) is 0 Å². The van der Waals surface area contributed by atoms with Gasteiger partial charge in [-0.15, -0.1) is 11.6 Å². The molecule has 0 aliphatic rings. The zero-order valence-corrected chi connectivity index (χ0v) is 8.01. The molecular formula is C10H12ClFO. The topological polar surface area (TPSA) is 9.23 Å². The van der Waals surface area contributed by atoms with E-state index in [4.69, 9.17) is 16.3 Å². The predicted octanol–water partition coefficient (Wildman–Crippen LogP) is 2.78. The highest BCUT2D eigenvalue weighted by Crippen LogP contribution is 2.02. The van der Waals surface area contributed by atoms with Crippen LogP contribution in [0, 0.1) is 0 Å². The van der Waals surface area contributed by atoms with Gasteiger partial charge in [-0.1, -0.05) is 30.3 Å². The van der Waals surface area contributed by atoms with Crippen molar-refractivity contribution in [1.82, 2.24) is 0 Å². The maximum Gasteiger partial charge on any atom is 0.137 e. The van der Waals surface area contributed by atoms with Gasteiger partial charge >= 0.3 is 0 Å². The molecule has 0 saturated heterocycles. The quantitative estimate of drug-likeness (QED) is 0.668. The standard InChI is InChI=1S/C10H12ClFO/c11-6-10(12)8-13-7-9-4-2-1-3-5-9/h1-5,10H,6-8H2/t10-/m0/s1. The Bertz CT molecular complexity index is 228. The van der Waals surface area contributed by atoms with Crippen molar-refractivity contribution in [3.05, 3.63) is 35.9 Å². The van der Waals surface area contributed by atoms with Crippen LogP contribution < -0.4 is 0 Å². The summed E-state index contributed by atoms with van der Waals surface area (Å²) in [7, 11) is 0. The zero-order chi connectivity index (χ0) is 9.52. The molecule has 1 nitrogen and oxygen atoms in total. The van der Waals surface area contributed by atoms with Gasteiger partial charge in [-0.25, -0.2) is 4.39 Å².